The third kappa shape index (κ3) is 4.31. The van der Waals surface area contributed by atoms with E-state index in [0.29, 0.717) is 36.2 Å². The smallest absolute Gasteiger partial charge is 0.295 e. The van der Waals surface area contributed by atoms with Gasteiger partial charge in [0.1, 0.15) is 5.75 Å². The van der Waals surface area contributed by atoms with Crippen LogP contribution in [-0.4, -0.2) is 58.9 Å². The number of methoxy groups -OCH3 is 1. The molecule has 0 radical (unpaired) electrons. The molecule has 1 aromatic carbocycles. The summed E-state index contributed by atoms with van der Waals surface area (Å²) in [5.74, 6) is -1.44. The maximum atomic E-state index is 13.4. The van der Waals surface area contributed by atoms with E-state index in [1.807, 2.05) is 37.3 Å². The zero-order chi connectivity index (χ0) is 25.8. The Labute approximate surface area is 208 Å². The van der Waals surface area contributed by atoms with E-state index in [1.54, 1.807) is 4.90 Å². The average Bonchev–Trinajstić information content (AvgIpc) is 3.36. The molecule has 0 fully saturated rings. The van der Waals surface area contributed by atoms with E-state index in [4.69, 9.17) is 4.74 Å². The lowest BCUT2D eigenvalue weighted by atomic mass is 9.91. The Hall–Kier alpha value is -4.53. The lowest BCUT2D eigenvalue weighted by Gasteiger charge is -2.29. The van der Waals surface area contributed by atoms with Crippen LogP contribution >= 0.6 is 0 Å². The number of amides is 2. The molecular formula is C27H27N5O4. The van der Waals surface area contributed by atoms with E-state index >= 15 is 0 Å². The van der Waals surface area contributed by atoms with Gasteiger partial charge < -0.3 is 19.9 Å². The molecule has 0 aliphatic carbocycles. The molecule has 0 atom stereocenters. The first-order valence-corrected chi connectivity index (χ1v) is 11.5. The zero-order valence-electron chi connectivity index (χ0n) is 20.4. The number of aromatic amines is 1. The minimum atomic E-state index is -0.684. The van der Waals surface area contributed by atoms with Crippen molar-refractivity contribution in [2.24, 2.45) is 4.99 Å². The van der Waals surface area contributed by atoms with Crippen molar-refractivity contribution in [1.29, 1.82) is 0 Å². The van der Waals surface area contributed by atoms with Crippen LogP contribution in [0.25, 0.3) is 10.9 Å². The Kier molecular flexibility index (Phi) is 7.10. The van der Waals surface area contributed by atoms with Gasteiger partial charge in [-0.15, -0.1) is 0 Å². The number of benzene rings is 1. The number of aliphatic imine (C=N–C) groups is 1. The normalized spacial score (nSPS) is 13.5. The van der Waals surface area contributed by atoms with Crippen molar-refractivity contribution in [3.05, 3.63) is 83.5 Å². The summed E-state index contributed by atoms with van der Waals surface area (Å²) in [4.78, 5) is 51.9. The van der Waals surface area contributed by atoms with Gasteiger partial charge >= 0.3 is 0 Å². The van der Waals surface area contributed by atoms with Crippen LogP contribution in [-0.2, 0) is 17.8 Å². The summed E-state index contributed by atoms with van der Waals surface area (Å²) in [5, 5.41) is 2.87. The summed E-state index contributed by atoms with van der Waals surface area (Å²) in [5.41, 5.74) is 4.42. The van der Waals surface area contributed by atoms with Crippen LogP contribution in [0, 0.1) is 0 Å². The number of carbonyl (C=O) groups is 3. The Bertz CT molecular complexity index is 1430. The molecule has 2 N–H and O–H groups in total. The highest BCUT2D eigenvalue weighted by Crippen LogP contribution is 2.31. The van der Waals surface area contributed by atoms with Gasteiger partial charge in [-0.05, 0) is 30.5 Å². The van der Waals surface area contributed by atoms with Gasteiger partial charge in [0, 0.05) is 38.1 Å². The van der Waals surface area contributed by atoms with E-state index in [9.17, 15) is 14.4 Å². The Morgan fingerprint density at radius 1 is 1.28 bits per heavy atom. The standard InChI is InChI=1S/C27H27N5O4/c1-5-8-20(29-6-2)18-10-7-9-16-15-32(12-11-17(16)18)27(35)25(33)19-13-30-23-22(19)21(36-4)14-31-24(23)26(34)28-3/h5-10,13-14,30H,2,11-12,15H2,1,3-4H3,(H,28,34)/b8-5-,29-20?. The predicted molar refractivity (Wildman–Crippen MR) is 137 cm³/mol. The number of aromatic nitrogens is 2. The van der Waals surface area contributed by atoms with Gasteiger partial charge in [-0.2, -0.15) is 0 Å². The third-order valence-corrected chi connectivity index (χ3v) is 6.16. The molecule has 9 nitrogen and oxygen atoms in total. The van der Waals surface area contributed by atoms with Crippen molar-refractivity contribution in [3.63, 3.8) is 0 Å². The molecule has 0 saturated heterocycles. The van der Waals surface area contributed by atoms with Crippen LogP contribution in [0.2, 0.25) is 0 Å². The number of pyridine rings is 1. The van der Waals surface area contributed by atoms with Gasteiger partial charge in [-0.25, -0.2) is 4.98 Å². The highest BCUT2D eigenvalue weighted by molar-refractivity contribution is 6.45. The van der Waals surface area contributed by atoms with Crippen LogP contribution in [0.4, 0.5) is 0 Å². The highest BCUT2D eigenvalue weighted by atomic mass is 16.5. The van der Waals surface area contributed by atoms with Gasteiger partial charge in [0.25, 0.3) is 17.6 Å². The van der Waals surface area contributed by atoms with E-state index in [2.05, 4.69) is 26.9 Å². The number of nitrogens with one attached hydrogen (secondary N) is 2. The SMILES string of the molecule is C=CN=C(/C=C\C)c1cccc2c1CCN(C(=O)C(=O)c1c[nH]c3c(C(=O)NC)ncc(OC)c13)C2. The van der Waals surface area contributed by atoms with Crippen LogP contribution in [0.15, 0.2) is 60.5 Å². The van der Waals surface area contributed by atoms with Crippen molar-refractivity contribution in [2.45, 2.75) is 19.9 Å². The van der Waals surface area contributed by atoms with E-state index in [0.717, 1.165) is 22.4 Å². The third-order valence-electron chi connectivity index (χ3n) is 6.16. The number of ether oxygens (including phenoxy) is 1. The van der Waals surface area contributed by atoms with Crippen molar-refractivity contribution in [1.82, 2.24) is 20.2 Å². The largest absolute Gasteiger partial charge is 0.494 e. The molecule has 2 aromatic heterocycles. The quantitative estimate of drug-likeness (QED) is 0.303. The molecule has 2 amide bonds. The van der Waals surface area contributed by atoms with E-state index < -0.39 is 17.6 Å². The number of nitrogens with zero attached hydrogens (tertiary/aromatic N) is 3. The lowest BCUT2D eigenvalue weighted by Crippen LogP contribution is -2.40. The Morgan fingerprint density at radius 3 is 2.78 bits per heavy atom. The van der Waals surface area contributed by atoms with Gasteiger partial charge in [0.15, 0.2) is 5.69 Å². The number of ketones is 1. The molecule has 1 aliphatic heterocycles. The average molecular weight is 486 g/mol. The fraction of sp³-hybridized carbons (Fsp3) is 0.222. The Balaban J connectivity index is 1.66. The van der Waals surface area contributed by atoms with E-state index in [1.165, 1.54) is 32.8 Å². The summed E-state index contributed by atoms with van der Waals surface area (Å²) in [6.45, 7) is 6.31. The molecule has 184 valence electrons. The number of hydrogen-bond donors (Lipinski definition) is 2. The first-order valence-electron chi connectivity index (χ1n) is 11.5. The monoisotopic (exact) mass is 485 g/mol. The summed E-state index contributed by atoms with van der Waals surface area (Å²) in [6.07, 6.45) is 8.72. The minimum absolute atomic E-state index is 0.109. The molecule has 0 unspecified atom stereocenters. The fourth-order valence-corrected chi connectivity index (χ4v) is 4.48. The lowest BCUT2D eigenvalue weighted by molar-refractivity contribution is -0.127. The maximum absolute atomic E-state index is 13.4. The molecule has 3 aromatic rings. The van der Waals surface area contributed by atoms with E-state index in [-0.39, 0.29) is 11.3 Å². The van der Waals surface area contributed by atoms with Crippen LogP contribution < -0.4 is 10.1 Å². The molecule has 36 heavy (non-hydrogen) atoms. The zero-order valence-corrected chi connectivity index (χ0v) is 20.4. The summed E-state index contributed by atoms with van der Waals surface area (Å²) in [7, 11) is 2.93. The molecule has 0 spiro atoms. The van der Waals surface area contributed by atoms with Crippen LogP contribution in [0.1, 0.15) is 44.5 Å². The maximum Gasteiger partial charge on any atom is 0.295 e. The molecule has 0 saturated carbocycles. The van der Waals surface area contributed by atoms with Crippen molar-refractivity contribution >= 4 is 34.2 Å². The van der Waals surface area contributed by atoms with Gasteiger partial charge in [0.05, 0.1) is 35.5 Å². The summed E-state index contributed by atoms with van der Waals surface area (Å²) < 4.78 is 5.38. The number of Topliss-reactive ketones (excluding diaryl/α,β-unsaturated/α-hetero) is 1. The molecule has 4 rings (SSSR count). The van der Waals surface area contributed by atoms with Crippen molar-refractivity contribution < 1.29 is 19.1 Å². The Morgan fingerprint density at radius 2 is 2.08 bits per heavy atom. The molecule has 1 aliphatic rings. The first kappa shape index (κ1) is 24.6. The number of carbonyl (C=O) groups excluding carboxylic acids is 3. The van der Waals surface area contributed by atoms with Crippen LogP contribution in [0.5, 0.6) is 5.75 Å². The highest BCUT2D eigenvalue weighted by Gasteiger charge is 2.31. The molecule has 9 heteroatoms. The summed E-state index contributed by atoms with van der Waals surface area (Å²) >= 11 is 0. The second kappa shape index (κ2) is 10.4. The van der Waals surface area contributed by atoms with Gasteiger partial charge in [-0.3, -0.25) is 19.4 Å². The summed E-state index contributed by atoms with van der Waals surface area (Å²) in [6, 6.07) is 5.88. The second-order valence-corrected chi connectivity index (χ2v) is 8.15. The number of fused-ring (bicyclic) bond motifs is 2. The number of H-pyrrole nitrogens is 1. The minimum Gasteiger partial charge on any atom is -0.494 e. The number of allylic oxidation sites excluding steroid dienone is 2. The van der Waals surface area contributed by atoms with Gasteiger partial charge in [0.2, 0.25) is 0 Å². The second-order valence-electron chi connectivity index (χ2n) is 8.15. The molecular weight excluding hydrogens is 458 g/mol. The number of hydrogen-bond acceptors (Lipinski definition) is 6. The fourth-order valence-electron chi connectivity index (χ4n) is 4.48. The van der Waals surface area contributed by atoms with Crippen molar-refractivity contribution in [2.75, 3.05) is 20.7 Å². The topological polar surface area (TPSA) is 117 Å². The number of rotatable bonds is 7. The van der Waals surface area contributed by atoms with Gasteiger partial charge in [-0.1, -0.05) is 30.9 Å². The molecule has 3 heterocycles. The first-order chi connectivity index (χ1) is 17.4. The predicted octanol–water partition coefficient (Wildman–Crippen LogP) is 3.21. The van der Waals surface area contributed by atoms with Crippen molar-refractivity contribution in [3.8, 4) is 5.75 Å². The molecule has 0 bridgehead atoms. The van der Waals surface area contributed by atoms with Crippen LogP contribution in [0.3, 0.4) is 0 Å².